The van der Waals surface area contributed by atoms with Gasteiger partial charge >= 0.3 is 5.69 Å². The van der Waals surface area contributed by atoms with Crippen molar-refractivity contribution in [1.29, 1.82) is 0 Å². The largest absolute Gasteiger partial charge is 0.394 e. The van der Waals surface area contributed by atoms with Crippen LogP contribution in [0.4, 0.5) is 0 Å². The Balaban J connectivity index is 2.20. The van der Waals surface area contributed by atoms with Crippen molar-refractivity contribution < 1.29 is 14.9 Å². The summed E-state index contributed by atoms with van der Waals surface area (Å²) in [4.78, 5) is 25.4. The van der Waals surface area contributed by atoms with E-state index in [0.29, 0.717) is 10.2 Å². The molecule has 0 amide bonds. The maximum Gasteiger partial charge on any atom is 0.331 e. The van der Waals surface area contributed by atoms with E-state index >= 15 is 0 Å². The second-order valence-electron chi connectivity index (χ2n) is 4.59. The van der Waals surface area contributed by atoms with Gasteiger partial charge in [0.15, 0.2) is 5.72 Å². The van der Waals surface area contributed by atoms with E-state index < -0.39 is 29.2 Å². The minimum Gasteiger partial charge on any atom is -0.394 e. The summed E-state index contributed by atoms with van der Waals surface area (Å²) in [5, 5.41) is 19.0. The first kappa shape index (κ1) is 12.8. The van der Waals surface area contributed by atoms with E-state index in [2.05, 4.69) is 20.9 Å². The normalized spacial score (nSPS) is 32.7. The van der Waals surface area contributed by atoms with Crippen LogP contribution in [-0.2, 0) is 10.5 Å². The highest BCUT2D eigenvalue weighted by Gasteiger charge is 2.52. The Morgan fingerprint density at radius 3 is 2.95 bits per heavy atom. The van der Waals surface area contributed by atoms with Crippen LogP contribution in [-0.4, -0.2) is 38.6 Å². The summed E-state index contributed by atoms with van der Waals surface area (Å²) in [5.74, 6) is 0. The molecule has 0 bridgehead atoms. The third-order valence-corrected chi connectivity index (χ3v) is 4.27. The van der Waals surface area contributed by atoms with Gasteiger partial charge in [-0.3, -0.25) is 14.3 Å². The smallest absolute Gasteiger partial charge is 0.331 e. The summed E-state index contributed by atoms with van der Waals surface area (Å²) in [6.45, 7) is -0.351. The second-order valence-corrected chi connectivity index (χ2v) is 5.44. The predicted octanol–water partition coefficient (Wildman–Crippen LogP) is -0.919. The number of fused-ring (bicyclic) bond motifs is 2. The molecule has 0 aromatic carbocycles. The highest BCUT2D eigenvalue weighted by Crippen LogP contribution is 2.47. The fraction of sp³-hybridized carbons (Fsp3) is 0.455. The lowest BCUT2D eigenvalue weighted by Gasteiger charge is -2.27. The number of aliphatic hydroxyl groups excluding tert-OH is 2. The summed E-state index contributed by atoms with van der Waals surface area (Å²) in [6.07, 6.45) is 0.0543. The predicted molar refractivity (Wildman–Crippen MR) is 68.8 cm³/mol. The molecule has 0 radical (unpaired) electrons. The van der Waals surface area contributed by atoms with Gasteiger partial charge in [0.1, 0.15) is 6.10 Å². The summed E-state index contributed by atoms with van der Waals surface area (Å²) >= 11 is 3.31. The molecule has 1 fully saturated rings. The van der Waals surface area contributed by atoms with E-state index in [1.807, 2.05) is 0 Å². The minimum atomic E-state index is -1.19. The standard InChI is InChI=1S/C11H11BrN2O5/c12-8-1-5-2-9(17)13-10(18)14(5)11(8)3-6(16)7(4-15)19-11/h1-2,6-7,15-16H,3-4H2,(H,13,17,18)/t6-,7+,11+/m0/s1. The fourth-order valence-corrected chi connectivity index (χ4v) is 3.26. The number of H-pyrrole nitrogens is 1. The van der Waals surface area contributed by atoms with Crippen molar-refractivity contribution in [2.75, 3.05) is 6.61 Å². The van der Waals surface area contributed by atoms with E-state index in [-0.39, 0.29) is 13.0 Å². The van der Waals surface area contributed by atoms with Gasteiger partial charge in [0.25, 0.3) is 5.56 Å². The third-order valence-electron chi connectivity index (χ3n) is 3.42. The molecule has 1 saturated heterocycles. The number of ether oxygens (including phenoxy) is 1. The van der Waals surface area contributed by atoms with Crippen molar-refractivity contribution in [3.8, 4) is 0 Å². The van der Waals surface area contributed by atoms with Gasteiger partial charge in [-0.2, -0.15) is 0 Å². The number of hydrogen-bond donors (Lipinski definition) is 3. The van der Waals surface area contributed by atoms with Crippen molar-refractivity contribution in [3.63, 3.8) is 0 Å². The Morgan fingerprint density at radius 2 is 2.32 bits per heavy atom. The highest BCUT2D eigenvalue weighted by atomic mass is 79.9. The van der Waals surface area contributed by atoms with Crippen molar-refractivity contribution in [3.05, 3.63) is 37.1 Å². The van der Waals surface area contributed by atoms with Crippen molar-refractivity contribution in [2.24, 2.45) is 0 Å². The van der Waals surface area contributed by atoms with Crippen LogP contribution in [0.25, 0.3) is 6.08 Å². The molecule has 0 saturated carbocycles. The lowest BCUT2D eigenvalue weighted by Crippen LogP contribution is -2.43. The average molecular weight is 331 g/mol. The van der Waals surface area contributed by atoms with Gasteiger partial charge in [0.2, 0.25) is 0 Å². The zero-order valence-electron chi connectivity index (χ0n) is 9.67. The Bertz CT molecular complexity index is 678. The van der Waals surface area contributed by atoms with Crippen LogP contribution in [0.15, 0.2) is 20.1 Å². The monoisotopic (exact) mass is 330 g/mol. The Morgan fingerprint density at radius 1 is 1.58 bits per heavy atom. The molecule has 3 rings (SSSR count). The van der Waals surface area contributed by atoms with Crippen LogP contribution < -0.4 is 11.2 Å². The van der Waals surface area contributed by atoms with Crippen LogP contribution >= 0.6 is 15.9 Å². The number of aromatic nitrogens is 2. The summed E-state index contributed by atoms with van der Waals surface area (Å²) in [7, 11) is 0. The molecule has 3 heterocycles. The molecular weight excluding hydrogens is 320 g/mol. The molecule has 1 spiro atoms. The number of nitrogens with zero attached hydrogens (tertiary/aromatic N) is 1. The highest BCUT2D eigenvalue weighted by molar-refractivity contribution is 9.11. The molecule has 2 aliphatic heterocycles. The molecule has 102 valence electrons. The zero-order valence-corrected chi connectivity index (χ0v) is 11.3. The van der Waals surface area contributed by atoms with E-state index in [1.54, 1.807) is 6.08 Å². The van der Waals surface area contributed by atoms with Crippen LogP contribution in [0.2, 0.25) is 0 Å². The summed E-state index contributed by atoms with van der Waals surface area (Å²) in [6, 6.07) is 1.28. The van der Waals surface area contributed by atoms with Gasteiger partial charge in [-0.25, -0.2) is 4.79 Å². The van der Waals surface area contributed by atoms with Gasteiger partial charge in [-0.1, -0.05) is 15.9 Å². The van der Waals surface area contributed by atoms with Gasteiger partial charge in [-0.15, -0.1) is 0 Å². The van der Waals surface area contributed by atoms with Crippen LogP contribution in [0.1, 0.15) is 12.1 Å². The number of rotatable bonds is 1. The second kappa shape index (κ2) is 4.14. The first-order valence-corrected chi connectivity index (χ1v) is 6.48. The van der Waals surface area contributed by atoms with Gasteiger partial charge < -0.3 is 14.9 Å². The Hall–Kier alpha value is -1.22. The minimum absolute atomic E-state index is 0.119. The maximum absolute atomic E-state index is 12.0. The number of aromatic amines is 1. The molecule has 0 unspecified atom stereocenters. The first-order chi connectivity index (χ1) is 8.98. The summed E-state index contributed by atoms with van der Waals surface area (Å²) in [5.41, 5.74) is -1.91. The van der Waals surface area contributed by atoms with Crippen molar-refractivity contribution in [1.82, 2.24) is 9.55 Å². The Kier molecular flexibility index (Phi) is 2.79. The molecular formula is C11H11BrN2O5. The van der Waals surface area contributed by atoms with Crippen molar-refractivity contribution in [2.45, 2.75) is 24.4 Å². The average Bonchev–Trinajstić information content (AvgIpc) is 2.78. The van der Waals surface area contributed by atoms with Crippen molar-refractivity contribution >= 4 is 22.0 Å². The maximum atomic E-state index is 12.0. The van der Waals surface area contributed by atoms with Gasteiger partial charge in [-0.05, 0) is 6.08 Å². The van der Waals surface area contributed by atoms with E-state index in [1.165, 1.54) is 10.6 Å². The van der Waals surface area contributed by atoms with E-state index in [9.17, 15) is 14.7 Å². The molecule has 1 aromatic heterocycles. The van der Waals surface area contributed by atoms with Crippen LogP contribution in [0.5, 0.6) is 0 Å². The fourth-order valence-electron chi connectivity index (χ4n) is 2.59. The topological polar surface area (TPSA) is 105 Å². The lowest BCUT2D eigenvalue weighted by atomic mass is 10.1. The van der Waals surface area contributed by atoms with Crippen LogP contribution in [0.3, 0.4) is 0 Å². The molecule has 3 N–H and O–H groups in total. The van der Waals surface area contributed by atoms with Gasteiger partial charge in [0.05, 0.1) is 22.9 Å². The van der Waals surface area contributed by atoms with E-state index in [0.717, 1.165) is 0 Å². The summed E-state index contributed by atoms with van der Waals surface area (Å²) < 4.78 is 7.47. The zero-order chi connectivity index (χ0) is 13.8. The number of aliphatic hydroxyl groups is 2. The molecule has 8 heteroatoms. The molecule has 19 heavy (non-hydrogen) atoms. The molecule has 1 aromatic rings. The SMILES string of the molecule is O=c1cc2n(c(=O)[nH]1)[C@@]1(C[C@H](O)[C@@H](CO)O1)C(Br)=C2. The number of halogens is 1. The first-order valence-electron chi connectivity index (χ1n) is 5.69. The molecule has 0 aliphatic carbocycles. The van der Waals surface area contributed by atoms with Crippen LogP contribution in [0, 0.1) is 0 Å². The molecule has 7 nitrogen and oxygen atoms in total. The lowest BCUT2D eigenvalue weighted by molar-refractivity contribution is -0.0885. The quantitative estimate of drug-likeness (QED) is 0.617. The molecule has 2 aliphatic rings. The number of nitrogens with one attached hydrogen (secondary N) is 1. The van der Waals surface area contributed by atoms with Gasteiger partial charge in [0, 0.05) is 12.5 Å². The molecule has 3 atom stereocenters. The number of hydrogen-bond acceptors (Lipinski definition) is 5. The van der Waals surface area contributed by atoms with E-state index in [4.69, 9.17) is 9.84 Å². The third kappa shape index (κ3) is 1.68. The Labute approximate surface area is 115 Å².